The van der Waals surface area contributed by atoms with Crippen molar-refractivity contribution in [1.29, 1.82) is 0 Å². The summed E-state index contributed by atoms with van der Waals surface area (Å²) >= 11 is 0. The Morgan fingerprint density at radius 1 is 1.07 bits per heavy atom. The van der Waals surface area contributed by atoms with Crippen molar-refractivity contribution in [3.8, 4) is 0 Å². The van der Waals surface area contributed by atoms with Gasteiger partial charge in [-0.3, -0.25) is 9.59 Å². The van der Waals surface area contributed by atoms with Crippen LogP contribution in [-0.4, -0.2) is 51.3 Å². The second-order valence-corrected chi connectivity index (χ2v) is 7.42. The van der Waals surface area contributed by atoms with Crippen molar-refractivity contribution < 1.29 is 22.4 Å². The zero-order valence-corrected chi connectivity index (χ0v) is 16.7. The van der Waals surface area contributed by atoms with Gasteiger partial charge in [-0.1, -0.05) is 30.3 Å². The van der Waals surface area contributed by atoms with Crippen molar-refractivity contribution >= 4 is 34.2 Å². The number of benzene rings is 1. The Morgan fingerprint density at radius 3 is 2.36 bits per heavy atom. The summed E-state index contributed by atoms with van der Waals surface area (Å²) in [6.45, 7) is 0.395. The molecule has 2 amide bonds. The molecule has 154 valence electrons. The Balaban J connectivity index is 0.00000392. The third kappa shape index (κ3) is 6.64. The van der Waals surface area contributed by atoms with Gasteiger partial charge in [-0.2, -0.15) is 4.72 Å². The third-order valence-electron chi connectivity index (χ3n) is 3.69. The number of carbonyl (C=O) groups is 2. The van der Waals surface area contributed by atoms with Crippen molar-refractivity contribution in [2.45, 2.75) is 11.5 Å². The Hall–Kier alpha value is -2.40. The highest BCUT2D eigenvalue weighted by Gasteiger charge is 2.24. The van der Waals surface area contributed by atoms with Crippen molar-refractivity contribution in [3.05, 3.63) is 53.8 Å². The maximum Gasteiger partial charge on any atom is 0.289 e. The highest BCUT2D eigenvalue weighted by atomic mass is 35.5. The minimum absolute atomic E-state index is 0. The summed E-state index contributed by atoms with van der Waals surface area (Å²) in [5.41, 5.74) is 11.6. The van der Waals surface area contributed by atoms with E-state index in [9.17, 15) is 18.0 Å². The van der Waals surface area contributed by atoms with Gasteiger partial charge in [0.15, 0.2) is 5.76 Å². The second-order valence-electron chi connectivity index (χ2n) is 5.73. The molecule has 1 aromatic carbocycles. The molecule has 2 rings (SSSR count). The molecule has 9 nitrogen and oxygen atoms in total. The summed E-state index contributed by atoms with van der Waals surface area (Å²) in [6.07, 6.45) is 0.624. The average molecular weight is 431 g/mol. The first kappa shape index (κ1) is 23.6. The van der Waals surface area contributed by atoms with E-state index in [1.165, 1.54) is 11.0 Å². The average Bonchev–Trinajstić information content (AvgIpc) is 3.15. The maximum atomic E-state index is 12.6. The zero-order chi connectivity index (χ0) is 19.9. The summed E-state index contributed by atoms with van der Waals surface area (Å²) in [5, 5.41) is -0.470. The predicted molar refractivity (Wildman–Crippen MR) is 105 cm³/mol. The number of hydrogen-bond acceptors (Lipinski definition) is 6. The molecule has 0 atom stereocenters. The molecule has 0 aliphatic rings. The van der Waals surface area contributed by atoms with E-state index >= 15 is 0 Å². The first-order valence-corrected chi connectivity index (χ1v) is 9.73. The molecule has 28 heavy (non-hydrogen) atoms. The monoisotopic (exact) mass is 430 g/mol. The van der Waals surface area contributed by atoms with E-state index in [0.717, 1.165) is 11.6 Å². The van der Waals surface area contributed by atoms with Crippen LogP contribution < -0.4 is 16.2 Å². The van der Waals surface area contributed by atoms with Gasteiger partial charge in [-0.05, 0) is 24.1 Å². The van der Waals surface area contributed by atoms with Crippen LogP contribution in [0.25, 0.3) is 0 Å². The van der Waals surface area contributed by atoms with Crippen LogP contribution in [0, 0.1) is 0 Å². The number of amides is 2. The number of primary amides is 1. The van der Waals surface area contributed by atoms with E-state index in [4.69, 9.17) is 15.9 Å². The maximum absolute atomic E-state index is 12.6. The highest BCUT2D eigenvalue weighted by Crippen LogP contribution is 2.16. The fraction of sp³-hybridized carbons (Fsp3) is 0.294. The van der Waals surface area contributed by atoms with Crippen LogP contribution in [0.5, 0.6) is 0 Å². The molecule has 0 aliphatic heterocycles. The molecule has 0 saturated carbocycles. The summed E-state index contributed by atoms with van der Waals surface area (Å²) in [6, 6.07) is 12.0. The molecule has 0 unspecified atom stereocenters. The van der Waals surface area contributed by atoms with E-state index in [1.807, 2.05) is 35.1 Å². The lowest BCUT2D eigenvalue weighted by molar-refractivity contribution is -0.116. The van der Waals surface area contributed by atoms with Crippen molar-refractivity contribution in [3.63, 3.8) is 0 Å². The molecule has 1 heterocycles. The van der Waals surface area contributed by atoms with Crippen LogP contribution in [0.4, 0.5) is 0 Å². The number of nitrogens with one attached hydrogen (secondary N) is 1. The van der Waals surface area contributed by atoms with Gasteiger partial charge in [0.1, 0.15) is 0 Å². The number of nitrogens with zero attached hydrogens (tertiary/aromatic N) is 1. The van der Waals surface area contributed by atoms with E-state index < -0.39 is 33.5 Å². The lowest BCUT2D eigenvalue weighted by Gasteiger charge is -2.20. The molecule has 0 saturated heterocycles. The van der Waals surface area contributed by atoms with Crippen LogP contribution in [-0.2, 0) is 21.2 Å². The smallest absolute Gasteiger partial charge is 0.289 e. The lowest BCUT2D eigenvalue weighted by Crippen LogP contribution is -2.36. The van der Waals surface area contributed by atoms with Gasteiger partial charge in [-0.15, -0.1) is 12.4 Å². The molecular weight excluding hydrogens is 408 g/mol. The Bertz CT molecular complexity index is 886. The van der Waals surface area contributed by atoms with Gasteiger partial charge in [0.05, 0.1) is 6.54 Å². The second kappa shape index (κ2) is 10.8. The molecule has 0 spiro atoms. The number of nitrogens with two attached hydrogens (primary N) is 2. The predicted octanol–water partition coefficient (Wildman–Crippen LogP) is 0.109. The first-order valence-electron chi connectivity index (χ1n) is 8.24. The molecule has 2 aromatic rings. The number of furan rings is 1. The number of hydrogen-bond donors (Lipinski definition) is 3. The van der Waals surface area contributed by atoms with Crippen LogP contribution >= 0.6 is 12.4 Å². The zero-order valence-electron chi connectivity index (χ0n) is 15.0. The quantitative estimate of drug-likeness (QED) is 0.487. The van der Waals surface area contributed by atoms with E-state index in [2.05, 4.69) is 0 Å². The Morgan fingerprint density at radius 2 is 1.75 bits per heavy atom. The van der Waals surface area contributed by atoms with Crippen molar-refractivity contribution in [1.82, 2.24) is 9.62 Å². The van der Waals surface area contributed by atoms with Crippen molar-refractivity contribution in [2.24, 2.45) is 11.5 Å². The van der Waals surface area contributed by atoms with E-state index in [1.54, 1.807) is 0 Å². The first-order chi connectivity index (χ1) is 12.8. The summed E-state index contributed by atoms with van der Waals surface area (Å²) < 4.78 is 31.2. The fourth-order valence-corrected chi connectivity index (χ4v) is 3.27. The number of carbonyl (C=O) groups excluding carboxylic acids is 2. The number of halogens is 1. The highest BCUT2D eigenvalue weighted by molar-refractivity contribution is 7.89. The minimum Gasteiger partial charge on any atom is -0.438 e. The summed E-state index contributed by atoms with van der Waals surface area (Å²) in [4.78, 5) is 24.9. The van der Waals surface area contributed by atoms with Crippen LogP contribution in [0.3, 0.4) is 0 Å². The minimum atomic E-state index is -4.07. The summed E-state index contributed by atoms with van der Waals surface area (Å²) in [7, 11) is -4.07. The summed E-state index contributed by atoms with van der Waals surface area (Å²) in [5.74, 6) is -1.43. The Labute approximate surface area is 169 Å². The normalized spacial score (nSPS) is 10.9. The van der Waals surface area contributed by atoms with Crippen molar-refractivity contribution in [2.75, 3.05) is 26.2 Å². The SMILES string of the molecule is Cl.NCCN(CCc1ccccc1)C(=O)c1ccc(S(=O)(=O)NCC(N)=O)o1. The van der Waals surface area contributed by atoms with Gasteiger partial charge < -0.3 is 20.8 Å². The molecule has 1 aromatic heterocycles. The molecule has 0 fully saturated rings. The van der Waals surface area contributed by atoms with E-state index in [-0.39, 0.29) is 24.7 Å². The third-order valence-corrected chi connectivity index (χ3v) is 4.97. The topological polar surface area (TPSA) is 149 Å². The molecule has 0 bridgehead atoms. The molecule has 0 aliphatic carbocycles. The van der Waals surface area contributed by atoms with Crippen LogP contribution in [0.1, 0.15) is 16.1 Å². The number of sulfonamides is 1. The molecule has 5 N–H and O–H groups in total. The molecule has 0 radical (unpaired) electrons. The fourth-order valence-electron chi connectivity index (χ4n) is 2.35. The van der Waals surface area contributed by atoms with Crippen LogP contribution in [0.15, 0.2) is 52.0 Å². The molecular formula is C17H23ClN4O5S. The number of rotatable bonds is 10. The standard InChI is InChI=1S/C17H22N4O5S.ClH/c18-9-11-21(10-8-13-4-2-1-3-5-13)17(23)14-6-7-16(26-14)27(24,25)20-12-15(19)22;/h1-7,20H,8-12,18H2,(H2,19,22);1H. The van der Waals surface area contributed by atoms with Gasteiger partial charge in [0, 0.05) is 19.6 Å². The lowest BCUT2D eigenvalue weighted by atomic mass is 10.1. The van der Waals surface area contributed by atoms with Gasteiger partial charge in [0.2, 0.25) is 11.0 Å². The van der Waals surface area contributed by atoms with Gasteiger partial charge >= 0.3 is 0 Å². The van der Waals surface area contributed by atoms with E-state index in [0.29, 0.717) is 19.5 Å². The van der Waals surface area contributed by atoms with Gasteiger partial charge in [-0.25, -0.2) is 8.42 Å². The van der Waals surface area contributed by atoms with Gasteiger partial charge in [0.25, 0.3) is 15.9 Å². The molecule has 11 heteroatoms. The van der Waals surface area contributed by atoms with Crippen LogP contribution in [0.2, 0.25) is 0 Å². The Kier molecular flexibility index (Phi) is 9.13. The largest absolute Gasteiger partial charge is 0.438 e.